The van der Waals surface area contributed by atoms with Gasteiger partial charge in [-0.05, 0) is 12.8 Å². The maximum absolute atomic E-state index is 5.99. The zero-order chi connectivity index (χ0) is 7.61. The Balaban J connectivity index is 2.61. The Morgan fingerprint density at radius 3 is 2.20 bits per heavy atom. The van der Waals surface area contributed by atoms with E-state index in [0.29, 0.717) is 0 Å². The molecular weight excluding hydrogens is 152 g/mol. The minimum Gasteiger partial charge on any atom is -0.352 e. The van der Waals surface area contributed by atoms with Crippen LogP contribution in [-0.4, -0.2) is 25.4 Å². The number of halogens is 1. The van der Waals surface area contributed by atoms with Crippen molar-refractivity contribution in [2.75, 3.05) is 14.2 Å². The number of hydrogen-bond donors (Lipinski definition) is 0. The molecule has 0 aliphatic heterocycles. The van der Waals surface area contributed by atoms with Crippen molar-refractivity contribution in [1.29, 1.82) is 0 Å². The summed E-state index contributed by atoms with van der Waals surface area (Å²) in [4.78, 5) is 0. The van der Waals surface area contributed by atoms with Crippen molar-refractivity contribution in [3.63, 3.8) is 0 Å². The molecule has 1 rings (SSSR count). The van der Waals surface area contributed by atoms with E-state index in [9.17, 15) is 0 Å². The molecule has 1 aliphatic rings. The average Bonchev–Trinajstić information content (AvgIpc) is 2.32. The lowest BCUT2D eigenvalue weighted by Crippen LogP contribution is -2.38. The molecule has 1 aliphatic carbocycles. The van der Waals surface area contributed by atoms with Gasteiger partial charge in [-0.1, -0.05) is 0 Å². The highest BCUT2D eigenvalue weighted by Gasteiger charge is 2.42. The van der Waals surface area contributed by atoms with E-state index in [1.54, 1.807) is 14.2 Å². The van der Waals surface area contributed by atoms with Crippen LogP contribution in [0.5, 0.6) is 0 Å². The van der Waals surface area contributed by atoms with Crippen LogP contribution in [0.4, 0.5) is 0 Å². The van der Waals surface area contributed by atoms with Crippen LogP contribution >= 0.6 is 11.6 Å². The molecule has 1 atom stereocenters. The Kier molecular flexibility index (Phi) is 2.55. The number of methoxy groups -OCH3 is 2. The molecule has 0 aromatic heterocycles. The van der Waals surface area contributed by atoms with Crippen LogP contribution in [0, 0.1) is 0 Å². The fraction of sp³-hybridized carbons (Fsp3) is 1.00. The number of ether oxygens (including phenoxy) is 2. The molecule has 0 bridgehead atoms. The van der Waals surface area contributed by atoms with E-state index in [4.69, 9.17) is 21.1 Å². The van der Waals surface area contributed by atoms with Crippen molar-refractivity contribution < 1.29 is 9.47 Å². The fourth-order valence-electron chi connectivity index (χ4n) is 1.45. The summed E-state index contributed by atoms with van der Waals surface area (Å²) < 4.78 is 10.4. The highest BCUT2D eigenvalue weighted by Crippen LogP contribution is 2.37. The lowest BCUT2D eigenvalue weighted by atomic mass is 10.2. The molecule has 0 N–H and O–H groups in total. The lowest BCUT2D eigenvalue weighted by Gasteiger charge is -2.28. The Labute approximate surface area is 66.5 Å². The first-order valence-electron chi connectivity index (χ1n) is 3.49. The van der Waals surface area contributed by atoms with Crippen molar-refractivity contribution in [1.82, 2.24) is 0 Å². The predicted octanol–water partition coefficient (Wildman–Crippen LogP) is 1.77. The summed E-state index contributed by atoms with van der Waals surface area (Å²) in [5.41, 5.74) is 0. The van der Waals surface area contributed by atoms with Crippen molar-refractivity contribution in [3.8, 4) is 0 Å². The molecule has 60 valence electrons. The number of rotatable bonds is 2. The zero-order valence-electron chi connectivity index (χ0n) is 6.39. The SMILES string of the molecule is COC1(OC)CCCC1Cl. The van der Waals surface area contributed by atoms with Crippen molar-refractivity contribution in [2.24, 2.45) is 0 Å². The standard InChI is InChI=1S/C7H13ClO2/c1-9-7(10-2)5-3-4-6(7)8/h6H,3-5H2,1-2H3. The third-order valence-electron chi connectivity index (χ3n) is 2.15. The van der Waals surface area contributed by atoms with E-state index in [-0.39, 0.29) is 5.38 Å². The van der Waals surface area contributed by atoms with Crippen LogP contribution in [0.2, 0.25) is 0 Å². The van der Waals surface area contributed by atoms with Gasteiger partial charge in [0.25, 0.3) is 0 Å². The van der Waals surface area contributed by atoms with Gasteiger partial charge in [0.05, 0.1) is 5.38 Å². The molecule has 1 fully saturated rings. The van der Waals surface area contributed by atoms with Gasteiger partial charge in [0.2, 0.25) is 0 Å². The molecule has 2 nitrogen and oxygen atoms in total. The largest absolute Gasteiger partial charge is 0.352 e. The fourth-order valence-corrected chi connectivity index (χ4v) is 1.89. The second-order valence-corrected chi connectivity index (χ2v) is 3.11. The summed E-state index contributed by atoms with van der Waals surface area (Å²) in [7, 11) is 3.29. The van der Waals surface area contributed by atoms with Gasteiger partial charge in [-0.15, -0.1) is 11.6 Å². The average molecular weight is 165 g/mol. The normalized spacial score (nSPS) is 30.9. The smallest absolute Gasteiger partial charge is 0.183 e. The maximum Gasteiger partial charge on any atom is 0.183 e. The van der Waals surface area contributed by atoms with Crippen LogP contribution in [0.15, 0.2) is 0 Å². The topological polar surface area (TPSA) is 18.5 Å². The lowest BCUT2D eigenvalue weighted by molar-refractivity contribution is -0.197. The molecule has 0 radical (unpaired) electrons. The first kappa shape index (κ1) is 8.31. The van der Waals surface area contributed by atoms with E-state index in [1.165, 1.54) is 0 Å². The summed E-state index contributed by atoms with van der Waals surface area (Å²) >= 11 is 5.99. The predicted molar refractivity (Wildman–Crippen MR) is 40.2 cm³/mol. The minimum atomic E-state index is -0.498. The van der Waals surface area contributed by atoms with E-state index in [2.05, 4.69) is 0 Å². The van der Waals surface area contributed by atoms with Gasteiger partial charge in [-0.25, -0.2) is 0 Å². The van der Waals surface area contributed by atoms with Crippen LogP contribution in [0.1, 0.15) is 19.3 Å². The zero-order valence-corrected chi connectivity index (χ0v) is 7.15. The van der Waals surface area contributed by atoms with Crippen LogP contribution in [0.25, 0.3) is 0 Å². The first-order chi connectivity index (χ1) is 4.75. The Bertz CT molecular complexity index is 112. The number of alkyl halides is 1. The third kappa shape index (κ3) is 1.16. The second-order valence-electron chi connectivity index (χ2n) is 2.58. The van der Waals surface area contributed by atoms with Gasteiger partial charge in [0.1, 0.15) is 0 Å². The second kappa shape index (κ2) is 3.07. The summed E-state index contributed by atoms with van der Waals surface area (Å²) in [6, 6.07) is 0. The van der Waals surface area contributed by atoms with Gasteiger partial charge in [-0.3, -0.25) is 0 Å². The summed E-state index contributed by atoms with van der Waals surface area (Å²) in [6.07, 6.45) is 2.99. The highest BCUT2D eigenvalue weighted by atomic mass is 35.5. The molecule has 1 saturated carbocycles. The first-order valence-corrected chi connectivity index (χ1v) is 3.93. The van der Waals surface area contributed by atoms with E-state index in [1.807, 2.05) is 0 Å². The van der Waals surface area contributed by atoms with Crippen LogP contribution < -0.4 is 0 Å². The van der Waals surface area contributed by atoms with Crippen molar-refractivity contribution in [3.05, 3.63) is 0 Å². The molecule has 0 aromatic carbocycles. The molecule has 10 heavy (non-hydrogen) atoms. The van der Waals surface area contributed by atoms with Gasteiger partial charge >= 0.3 is 0 Å². The molecule has 0 saturated heterocycles. The molecule has 0 amide bonds. The summed E-state index contributed by atoms with van der Waals surface area (Å²) in [5.74, 6) is -0.498. The minimum absolute atomic E-state index is 0.0162. The molecule has 0 aromatic rings. The molecular formula is C7H13ClO2. The van der Waals surface area contributed by atoms with Crippen LogP contribution in [0.3, 0.4) is 0 Å². The molecule has 0 spiro atoms. The highest BCUT2D eigenvalue weighted by molar-refractivity contribution is 6.21. The maximum atomic E-state index is 5.99. The summed E-state index contributed by atoms with van der Waals surface area (Å²) in [5, 5.41) is 0.0162. The quantitative estimate of drug-likeness (QED) is 0.458. The monoisotopic (exact) mass is 164 g/mol. The number of hydrogen-bond acceptors (Lipinski definition) is 2. The van der Waals surface area contributed by atoms with Gasteiger partial charge in [-0.2, -0.15) is 0 Å². The van der Waals surface area contributed by atoms with E-state index < -0.39 is 5.79 Å². The molecule has 3 heteroatoms. The van der Waals surface area contributed by atoms with Gasteiger partial charge in [0, 0.05) is 20.6 Å². The van der Waals surface area contributed by atoms with Crippen LogP contribution in [-0.2, 0) is 9.47 Å². The Morgan fingerprint density at radius 2 is 2.00 bits per heavy atom. The Morgan fingerprint density at radius 1 is 1.40 bits per heavy atom. The van der Waals surface area contributed by atoms with E-state index in [0.717, 1.165) is 19.3 Å². The molecule has 0 heterocycles. The summed E-state index contributed by atoms with van der Waals surface area (Å²) in [6.45, 7) is 0. The Hall–Kier alpha value is 0.210. The van der Waals surface area contributed by atoms with Crippen molar-refractivity contribution in [2.45, 2.75) is 30.4 Å². The van der Waals surface area contributed by atoms with Crippen molar-refractivity contribution >= 4 is 11.6 Å². The van der Waals surface area contributed by atoms with Gasteiger partial charge < -0.3 is 9.47 Å². The van der Waals surface area contributed by atoms with E-state index >= 15 is 0 Å². The van der Waals surface area contributed by atoms with Gasteiger partial charge in [0.15, 0.2) is 5.79 Å². The third-order valence-corrected chi connectivity index (χ3v) is 2.70. The molecule has 1 unspecified atom stereocenters.